The van der Waals surface area contributed by atoms with Crippen molar-refractivity contribution in [2.75, 3.05) is 0 Å². The third-order valence-electron chi connectivity index (χ3n) is 2.90. The second-order valence-electron chi connectivity index (χ2n) is 4.07. The Kier molecular flexibility index (Phi) is 2.89. The zero-order chi connectivity index (χ0) is 12.5. The van der Waals surface area contributed by atoms with E-state index in [9.17, 15) is 0 Å². The number of halogens is 1. The van der Waals surface area contributed by atoms with Gasteiger partial charge in [-0.1, -0.05) is 24.3 Å². The van der Waals surface area contributed by atoms with Gasteiger partial charge in [0.1, 0.15) is 5.65 Å². The summed E-state index contributed by atoms with van der Waals surface area (Å²) >= 11 is 3.46. The molecule has 4 heteroatoms. The largest absolute Gasteiger partial charge is 0.392 e. The standard InChI is InChI=1S/C14H11BrN2O/c15-12-5-6-14-16-7-13(17(14)8-12)11-3-1-10(9-18)2-4-11/h1-8,18H,9H2. The lowest BCUT2D eigenvalue weighted by molar-refractivity contribution is 0.282. The van der Waals surface area contributed by atoms with Crippen LogP contribution in [0.25, 0.3) is 16.9 Å². The number of aliphatic hydroxyl groups excluding tert-OH is 1. The van der Waals surface area contributed by atoms with E-state index in [1.807, 2.05) is 53.2 Å². The van der Waals surface area contributed by atoms with Gasteiger partial charge in [0.2, 0.25) is 0 Å². The summed E-state index contributed by atoms with van der Waals surface area (Å²) in [5.74, 6) is 0. The van der Waals surface area contributed by atoms with Crippen LogP contribution in [0.15, 0.2) is 53.3 Å². The van der Waals surface area contributed by atoms with E-state index in [2.05, 4.69) is 20.9 Å². The van der Waals surface area contributed by atoms with Crippen LogP contribution in [-0.2, 0) is 6.61 Å². The monoisotopic (exact) mass is 302 g/mol. The summed E-state index contributed by atoms with van der Waals surface area (Å²) in [7, 11) is 0. The van der Waals surface area contributed by atoms with Crippen molar-refractivity contribution in [3.63, 3.8) is 0 Å². The summed E-state index contributed by atoms with van der Waals surface area (Å²) in [5.41, 5.74) is 3.95. The van der Waals surface area contributed by atoms with Crippen molar-refractivity contribution < 1.29 is 5.11 Å². The predicted molar refractivity (Wildman–Crippen MR) is 74.3 cm³/mol. The van der Waals surface area contributed by atoms with Gasteiger partial charge in [0, 0.05) is 16.2 Å². The maximum atomic E-state index is 9.04. The molecule has 1 aromatic carbocycles. The quantitative estimate of drug-likeness (QED) is 0.789. The number of hydrogen-bond acceptors (Lipinski definition) is 2. The fourth-order valence-electron chi connectivity index (χ4n) is 1.95. The van der Waals surface area contributed by atoms with Gasteiger partial charge in [-0.05, 0) is 33.6 Å². The minimum atomic E-state index is 0.0684. The van der Waals surface area contributed by atoms with Gasteiger partial charge in [0.05, 0.1) is 18.5 Å². The van der Waals surface area contributed by atoms with Crippen LogP contribution in [0.2, 0.25) is 0 Å². The Morgan fingerprint density at radius 1 is 1.11 bits per heavy atom. The maximum absolute atomic E-state index is 9.04. The molecule has 0 unspecified atom stereocenters. The highest BCUT2D eigenvalue weighted by Gasteiger charge is 2.05. The average molecular weight is 303 g/mol. The molecule has 3 rings (SSSR count). The molecule has 90 valence electrons. The van der Waals surface area contributed by atoms with Crippen molar-refractivity contribution in [1.82, 2.24) is 9.38 Å². The van der Waals surface area contributed by atoms with E-state index < -0.39 is 0 Å². The number of hydrogen-bond donors (Lipinski definition) is 1. The molecular formula is C14H11BrN2O. The first kappa shape index (κ1) is 11.4. The van der Waals surface area contributed by atoms with Gasteiger partial charge >= 0.3 is 0 Å². The topological polar surface area (TPSA) is 37.5 Å². The first-order valence-corrected chi connectivity index (χ1v) is 6.40. The number of fused-ring (bicyclic) bond motifs is 1. The number of rotatable bonds is 2. The van der Waals surface area contributed by atoms with E-state index >= 15 is 0 Å². The number of aromatic nitrogens is 2. The molecular weight excluding hydrogens is 292 g/mol. The Balaban J connectivity index is 2.15. The summed E-state index contributed by atoms with van der Waals surface area (Å²) in [6.07, 6.45) is 3.85. The minimum Gasteiger partial charge on any atom is -0.392 e. The van der Waals surface area contributed by atoms with Crippen LogP contribution in [0.5, 0.6) is 0 Å². The molecule has 0 radical (unpaired) electrons. The van der Waals surface area contributed by atoms with Crippen molar-refractivity contribution >= 4 is 21.6 Å². The van der Waals surface area contributed by atoms with E-state index in [0.29, 0.717) is 0 Å². The first-order chi connectivity index (χ1) is 8.78. The normalized spacial score (nSPS) is 11.0. The van der Waals surface area contributed by atoms with Crippen LogP contribution in [0.4, 0.5) is 0 Å². The Morgan fingerprint density at radius 2 is 1.89 bits per heavy atom. The van der Waals surface area contributed by atoms with Crippen LogP contribution in [-0.4, -0.2) is 14.5 Å². The van der Waals surface area contributed by atoms with Crippen LogP contribution in [0.1, 0.15) is 5.56 Å². The summed E-state index contributed by atoms with van der Waals surface area (Å²) in [5, 5.41) is 9.04. The fraction of sp³-hybridized carbons (Fsp3) is 0.0714. The molecule has 3 nitrogen and oxygen atoms in total. The Hall–Kier alpha value is -1.65. The molecule has 0 saturated heterocycles. The van der Waals surface area contributed by atoms with Gasteiger partial charge in [-0.15, -0.1) is 0 Å². The highest BCUT2D eigenvalue weighted by molar-refractivity contribution is 9.10. The summed E-state index contributed by atoms with van der Waals surface area (Å²) in [4.78, 5) is 4.37. The van der Waals surface area contributed by atoms with Crippen LogP contribution in [0, 0.1) is 0 Å². The van der Waals surface area contributed by atoms with Crippen LogP contribution >= 0.6 is 15.9 Å². The van der Waals surface area contributed by atoms with Gasteiger partial charge < -0.3 is 5.11 Å². The third kappa shape index (κ3) is 1.94. The summed E-state index contributed by atoms with van der Waals surface area (Å²) in [6.45, 7) is 0.0684. The van der Waals surface area contributed by atoms with E-state index in [-0.39, 0.29) is 6.61 Å². The second kappa shape index (κ2) is 4.55. The molecule has 0 amide bonds. The molecule has 1 N–H and O–H groups in total. The third-order valence-corrected chi connectivity index (χ3v) is 3.37. The zero-order valence-electron chi connectivity index (χ0n) is 9.55. The first-order valence-electron chi connectivity index (χ1n) is 5.61. The lowest BCUT2D eigenvalue weighted by atomic mass is 10.1. The van der Waals surface area contributed by atoms with Crippen molar-refractivity contribution in [1.29, 1.82) is 0 Å². The molecule has 0 aliphatic heterocycles. The lowest BCUT2D eigenvalue weighted by Gasteiger charge is -2.03. The maximum Gasteiger partial charge on any atom is 0.137 e. The SMILES string of the molecule is OCc1ccc(-c2cnc3ccc(Br)cn23)cc1. The van der Waals surface area contributed by atoms with Crippen molar-refractivity contribution in [3.05, 3.63) is 58.8 Å². The van der Waals surface area contributed by atoms with Crippen LogP contribution in [0.3, 0.4) is 0 Å². The fourth-order valence-corrected chi connectivity index (χ4v) is 2.29. The highest BCUT2D eigenvalue weighted by Crippen LogP contribution is 2.23. The average Bonchev–Trinajstić information content (AvgIpc) is 2.82. The second-order valence-corrected chi connectivity index (χ2v) is 4.99. The molecule has 0 spiro atoms. The van der Waals surface area contributed by atoms with Gasteiger partial charge in [-0.25, -0.2) is 4.98 Å². The van der Waals surface area contributed by atoms with Crippen LogP contribution < -0.4 is 0 Å². The van der Waals surface area contributed by atoms with Crippen molar-refractivity contribution in [2.45, 2.75) is 6.61 Å². The number of benzene rings is 1. The van der Waals surface area contributed by atoms with Gasteiger partial charge in [-0.2, -0.15) is 0 Å². The smallest absolute Gasteiger partial charge is 0.137 e. The molecule has 0 saturated carbocycles. The molecule has 0 aliphatic carbocycles. The predicted octanol–water partition coefficient (Wildman–Crippen LogP) is 3.26. The highest BCUT2D eigenvalue weighted by atomic mass is 79.9. The van der Waals surface area contributed by atoms with Crippen molar-refractivity contribution in [2.24, 2.45) is 0 Å². The van der Waals surface area contributed by atoms with Crippen molar-refractivity contribution in [3.8, 4) is 11.3 Å². The number of aliphatic hydroxyl groups is 1. The van der Waals surface area contributed by atoms with E-state index in [1.165, 1.54) is 0 Å². The number of imidazole rings is 1. The minimum absolute atomic E-state index is 0.0684. The number of nitrogens with zero attached hydrogens (tertiary/aromatic N) is 2. The molecule has 3 aromatic rings. The molecule has 0 bridgehead atoms. The molecule has 2 aromatic heterocycles. The van der Waals surface area contributed by atoms with Gasteiger partial charge in [0.15, 0.2) is 0 Å². The van der Waals surface area contributed by atoms with E-state index in [1.54, 1.807) is 0 Å². The van der Waals surface area contributed by atoms with Gasteiger partial charge in [-0.3, -0.25) is 4.40 Å². The number of pyridine rings is 1. The Morgan fingerprint density at radius 3 is 2.61 bits per heavy atom. The summed E-state index contributed by atoms with van der Waals surface area (Å²) < 4.78 is 3.05. The molecule has 0 fully saturated rings. The molecule has 2 heterocycles. The zero-order valence-corrected chi connectivity index (χ0v) is 11.1. The summed E-state index contributed by atoms with van der Waals surface area (Å²) in [6, 6.07) is 11.8. The molecule has 0 atom stereocenters. The van der Waals surface area contributed by atoms with E-state index in [4.69, 9.17) is 5.11 Å². The Bertz CT molecular complexity index is 689. The Labute approximate surface area is 113 Å². The molecule has 0 aliphatic rings. The molecule has 18 heavy (non-hydrogen) atoms. The lowest BCUT2D eigenvalue weighted by Crippen LogP contribution is -1.89. The van der Waals surface area contributed by atoms with Gasteiger partial charge in [0.25, 0.3) is 0 Å². The van der Waals surface area contributed by atoms with E-state index in [0.717, 1.165) is 26.9 Å².